The van der Waals surface area contributed by atoms with E-state index in [1.807, 2.05) is 11.3 Å². The number of piperazine rings is 1. The predicted octanol–water partition coefficient (Wildman–Crippen LogP) is 3.72. The van der Waals surface area contributed by atoms with E-state index in [1.165, 1.54) is 76.4 Å². The molecule has 0 aromatic carbocycles. The number of nitrogens with one attached hydrogen (secondary N) is 2. The first-order valence-corrected chi connectivity index (χ1v) is 13.2. The molecule has 3 heterocycles. The summed E-state index contributed by atoms with van der Waals surface area (Å²) < 4.78 is 0. The molecule has 1 aromatic heterocycles. The SMILES string of the molecule is CCNC(=NCC(c1cccs1)N1CCC(C)CC1)NCCCCN1CCN(C)CC1.I. The fourth-order valence-electron chi connectivity index (χ4n) is 4.46. The standard InChI is InChI=1S/C24H44N6S.HI/c1-4-25-24(26-11-5-6-12-29-17-15-28(3)16-18-29)27-20-22(23-8-7-19-31-23)30-13-9-21(2)10-14-30;/h7-8,19,21-22H,4-6,9-18,20H2,1-3H3,(H2,25,26,27);1H. The minimum absolute atomic E-state index is 0. The summed E-state index contributed by atoms with van der Waals surface area (Å²) in [5.74, 6) is 1.82. The molecule has 2 N–H and O–H groups in total. The number of guanidine groups is 1. The normalized spacial score (nSPS) is 20.7. The van der Waals surface area contributed by atoms with Crippen molar-refractivity contribution < 1.29 is 0 Å². The zero-order chi connectivity index (χ0) is 21.9. The fourth-order valence-corrected chi connectivity index (χ4v) is 5.32. The van der Waals surface area contributed by atoms with Crippen molar-refractivity contribution in [2.45, 2.75) is 45.6 Å². The highest BCUT2D eigenvalue weighted by Gasteiger charge is 2.25. The fraction of sp³-hybridized carbons (Fsp3) is 0.792. The van der Waals surface area contributed by atoms with E-state index in [2.05, 4.69) is 63.7 Å². The van der Waals surface area contributed by atoms with Gasteiger partial charge in [-0.1, -0.05) is 13.0 Å². The second-order valence-electron chi connectivity index (χ2n) is 9.25. The van der Waals surface area contributed by atoms with Crippen LogP contribution in [0.3, 0.4) is 0 Å². The maximum Gasteiger partial charge on any atom is 0.191 e. The lowest BCUT2D eigenvalue weighted by molar-refractivity contribution is 0.143. The van der Waals surface area contributed by atoms with Gasteiger partial charge in [-0.05, 0) is 76.7 Å². The van der Waals surface area contributed by atoms with Gasteiger partial charge >= 0.3 is 0 Å². The van der Waals surface area contributed by atoms with Crippen molar-refractivity contribution in [2.24, 2.45) is 10.9 Å². The van der Waals surface area contributed by atoms with E-state index >= 15 is 0 Å². The van der Waals surface area contributed by atoms with E-state index in [0.717, 1.165) is 31.5 Å². The number of hydrogen-bond acceptors (Lipinski definition) is 5. The molecule has 6 nitrogen and oxygen atoms in total. The van der Waals surface area contributed by atoms with Gasteiger partial charge in [0, 0.05) is 44.1 Å². The molecular weight excluding hydrogens is 531 g/mol. The third kappa shape index (κ3) is 9.44. The first-order chi connectivity index (χ1) is 15.2. The van der Waals surface area contributed by atoms with Crippen LogP contribution >= 0.6 is 35.3 Å². The molecule has 8 heteroatoms. The number of likely N-dealkylation sites (tertiary alicyclic amines) is 1. The van der Waals surface area contributed by atoms with E-state index in [0.29, 0.717) is 6.04 Å². The molecule has 1 unspecified atom stereocenters. The van der Waals surface area contributed by atoms with Crippen LogP contribution in [0.1, 0.15) is 50.4 Å². The quantitative estimate of drug-likeness (QED) is 0.193. The van der Waals surface area contributed by atoms with Gasteiger partial charge in [-0.25, -0.2) is 0 Å². The van der Waals surface area contributed by atoms with Crippen LogP contribution in [0.2, 0.25) is 0 Å². The van der Waals surface area contributed by atoms with Gasteiger partial charge in [0.2, 0.25) is 0 Å². The topological polar surface area (TPSA) is 46.1 Å². The van der Waals surface area contributed by atoms with Crippen LogP contribution in [0.4, 0.5) is 0 Å². The maximum atomic E-state index is 5.00. The Labute approximate surface area is 217 Å². The Morgan fingerprint density at radius 3 is 2.53 bits per heavy atom. The smallest absolute Gasteiger partial charge is 0.191 e. The third-order valence-corrected chi connectivity index (χ3v) is 7.66. The minimum atomic E-state index is 0. The van der Waals surface area contributed by atoms with Gasteiger partial charge < -0.3 is 20.4 Å². The summed E-state index contributed by atoms with van der Waals surface area (Å²) in [6.45, 7) is 15.7. The lowest BCUT2D eigenvalue weighted by Crippen LogP contribution is -2.44. The largest absolute Gasteiger partial charge is 0.357 e. The van der Waals surface area contributed by atoms with E-state index in [-0.39, 0.29) is 24.0 Å². The molecule has 32 heavy (non-hydrogen) atoms. The number of nitrogens with zero attached hydrogens (tertiary/aromatic N) is 4. The summed E-state index contributed by atoms with van der Waals surface area (Å²) in [6, 6.07) is 4.86. The van der Waals surface area contributed by atoms with Gasteiger partial charge in [0.25, 0.3) is 0 Å². The molecule has 1 atom stereocenters. The molecule has 2 aliphatic rings. The van der Waals surface area contributed by atoms with Gasteiger partial charge in [0.05, 0.1) is 12.6 Å². The van der Waals surface area contributed by atoms with Crippen molar-refractivity contribution in [1.82, 2.24) is 25.3 Å². The number of hydrogen-bond donors (Lipinski definition) is 2. The van der Waals surface area contributed by atoms with Crippen LogP contribution in [0.5, 0.6) is 0 Å². The Morgan fingerprint density at radius 1 is 1.12 bits per heavy atom. The highest BCUT2D eigenvalue weighted by molar-refractivity contribution is 14.0. The molecule has 0 aliphatic carbocycles. The predicted molar refractivity (Wildman–Crippen MR) is 150 cm³/mol. The van der Waals surface area contributed by atoms with Crippen molar-refractivity contribution in [1.29, 1.82) is 0 Å². The Morgan fingerprint density at radius 2 is 1.88 bits per heavy atom. The minimum Gasteiger partial charge on any atom is -0.357 e. The molecule has 3 rings (SSSR count). The molecule has 0 spiro atoms. The van der Waals surface area contributed by atoms with Gasteiger partial charge in [-0.15, -0.1) is 35.3 Å². The zero-order valence-electron chi connectivity index (χ0n) is 20.4. The average Bonchev–Trinajstić information content (AvgIpc) is 3.30. The highest BCUT2D eigenvalue weighted by atomic mass is 127. The first-order valence-electron chi connectivity index (χ1n) is 12.4. The van der Waals surface area contributed by atoms with Crippen molar-refractivity contribution in [3.8, 4) is 0 Å². The molecule has 0 radical (unpaired) electrons. The number of thiophene rings is 1. The number of unbranched alkanes of at least 4 members (excludes halogenated alkanes) is 1. The van der Waals surface area contributed by atoms with Crippen molar-refractivity contribution >= 4 is 41.3 Å². The monoisotopic (exact) mass is 576 g/mol. The number of piperidine rings is 1. The second-order valence-corrected chi connectivity index (χ2v) is 10.2. The van der Waals surface area contributed by atoms with Gasteiger partial charge in [0.1, 0.15) is 0 Å². The second kappa shape index (κ2) is 15.5. The van der Waals surface area contributed by atoms with Crippen LogP contribution in [0, 0.1) is 5.92 Å². The van der Waals surface area contributed by atoms with Crippen molar-refractivity contribution in [3.63, 3.8) is 0 Å². The molecule has 2 saturated heterocycles. The van der Waals surface area contributed by atoms with E-state index in [9.17, 15) is 0 Å². The highest BCUT2D eigenvalue weighted by Crippen LogP contribution is 2.29. The molecular formula is C24H45IN6S. The third-order valence-electron chi connectivity index (χ3n) is 6.69. The van der Waals surface area contributed by atoms with Crippen LogP contribution < -0.4 is 10.6 Å². The average molecular weight is 577 g/mol. The summed E-state index contributed by atoms with van der Waals surface area (Å²) in [5.41, 5.74) is 0. The molecule has 0 bridgehead atoms. The molecule has 1 aromatic rings. The van der Waals surface area contributed by atoms with E-state index in [4.69, 9.17) is 4.99 Å². The van der Waals surface area contributed by atoms with Crippen LogP contribution in [-0.2, 0) is 0 Å². The van der Waals surface area contributed by atoms with Gasteiger partial charge in [0.15, 0.2) is 5.96 Å². The summed E-state index contributed by atoms with van der Waals surface area (Å²) >= 11 is 1.87. The summed E-state index contributed by atoms with van der Waals surface area (Å²) in [6.07, 6.45) is 5.05. The molecule has 184 valence electrons. The number of halogens is 1. The number of rotatable bonds is 10. The van der Waals surface area contributed by atoms with Gasteiger partial charge in [-0.3, -0.25) is 9.89 Å². The van der Waals surface area contributed by atoms with E-state index < -0.39 is 0 Å². The molecule has 0 amide bonds. The first kappa shape index (κ1) is 27.8. The summed E-state index contributed by atoms with van der Waals surface area (Å²) in [5, 5.41) is 9.22. The molecule has 2 fully saturated rings. The molecule has 2 aliphatic heterocycles. The lowest BCUT2D eigenvalue weighted by atomic mass is 9.97. The maximum absolute atomic E-state index is 5.00. The summed E-state index contributed by atoms with van der Waals surface area (Å²) in [4.78, 5) is 14.1. The van der Waals surface area contributed by atoms with Crippen LogP contribution in [-0.4, -0.2) is 93.2 Å². The van der Waals surface area contributed by atoms with Crippen LogP contribution in [0.25, 0.3) is 0 Å². The van der Waals surface area contributed by atoms with Crippen molar-refractivity contribution in [3.05, 3.63) is 22.4 Å². The number of likely N-dealkylation sites (N-methyl/N-ethyl adjacent to an activating group) is 1. The van der Waals surface area contributed by atoms with E-state index in [1.54, 1.807) is 0 Å². The van der Waals surface area contributed by atoms with Gasteiger partial charge in [-0.2, -0.15) is 0 Å². The molecule has 0 saturated carbocycles. The van der Waals surface area contributed by atoms with Crippen LogP contribution in [0.15, 0.2) is 22.5 Å². The Bertz CT molecular complexity index is 624. The Balaban J connectivity index is 0.00000363. The number of aliphatic imine (C=N–C) groups is 1. The Kier molecular flexibility index (Phi) is 13.5. The lowest BCUT2D eigenvalue weighted by Gasteiger charge is -2.35. The van der Waals surface area contributed by atoms with Crippen molar-refractivity contribution in [2.75, 3.05) is 72.5 Å². The Hall–Kier alpha value is -0.420. The zero-order valence-corrected chi connectivity index (χ0v) is 23.5. The summed E-state index contributed by atoms with van der Waals surface area (Å²) in [7, 11) is 2.22.